The topological polar surface area (TPSA) is 64.4 Å². The Morgan fingerprint density at radius 1 is 1.31 bits per heavy atom. The maximum absolute atomic E-state index is 14.7. The summed E-state index contributed by atoms with van der Waals surface area (Å²) in [5.41, 5.74) is 3.63. The molecule has 1 N–H and O–H groups in total. The third-order valence-corrected chi connectivity index (χ3v) is 7.43. The summed E-state index contributed by atoms with van der Waals surface area (Å²) in [6, 6.07) is 9.41. The van der Waals surface area contributed by atoms with Crippen LogP contribution in [-0.2, 0) is 22.8 Å². The van der Waals surface area contributed by atoms with E-state index in [0.717, 1.165) is 34.9 Å². The van der Waals surface area contributed by atoms with E-state index in [1.165, 1.54) is 12.7 Å². The van der Waals surface area contributed by atoms with Gasteiger partial charge < -0.3 is 9.26 Å². The largest absolute Gasteiger partial charge is 0.495 e. The quantitative estimate of drug-likeness (QED) is 0.555. The highest BCUT2D eigenvalue weighted by Crippen LogP contribution is 2.58. The summed E-state index contributed by atoms with van der Waals surface area (Å²) in [4.78, 5) is -0.0238. The number of nitrogens with zero attached hydrogens (tertiary/aromatic N) is 1. The van der Waals surface area contributed by atoms with Crippen molar-refractivity contribution >= 4 is 32.7 Å². The Balaban J connectivity index is 1.55. The average molecular weight is 477 g/mol. The molecule has 0 saturated heterocycles. The highest BCUT2D eigenvalue weighted by atomic mass is 79.9. The fourth-order valence-corrected chi connectivity index (χ4v) is 5.53. The van der Waals surface area contributed by atoms with E-state index in [1.807, 2.05) is 12.1 Å². The first-order valence-corrected chi connectivity index (χ1v) is 11.2. The number of ether oxygens (including phenoxy) is 1. The van der Waals surface area contributed by atoms with Crippen LogP contribution in [0.5, 0.6) is 5.75 Å². The van der Waals surface area contributed by atoms with E-state index in [1.54, 1.807) is 19.1 Å². The maximum atomic E-state index is 14.7. The van der Waals surface area contributed by atoms with Gasteiger partial charge in [-0.3, -0.25) is 4.72 Å². The number of fused-ring (bicyclic) bond motifs is 4. The minimum Gasteiger partial charge on any atom is -0.495 e. The van der Waals surface area contributed by atoms with Crippen molar-refractivity contribution in [3.05, 3.63) is 57.3 Å². The molecule has 29 heavy (non-hydrogen) atoms. The van der Waals surface area contributed by atoms with Crippen molar-refractivity contribution in [2.45, 2.75) is 36.5 Å². The van der Waals surface area contributed by atoms with Crippen LogP contribution < -0.4 is 9.46 Å². The van der Waals surface area contributed by atoms with E-state index in [-0.39, 0.29) is 16.1 Å². The van der Waals surface area contributed by atoms with Gasteiger partial charge >= 0.3 is 0 Å². The Kier molecular flexibility index (Phi) is 4.33. The molecule has 1 spiro atoms. The molecule has 1 heterocycles. The van der Waals surface area contributed by atoms with Gasteiger partial charge in [-0.2, -0.15) is 0 Å². The lowest BCUT2D eigenvalue weighted by Crippen LogP contribution is -2.18. The molecule has 1 fully saturated rings. The van der Waals surface area contributed by atoms with Gasteiger partial charge in [0.05, 0.1) is 7.11 Å². The molecular formula is C21H18BrFN2O3S. The molecule has 0 amide bonds. The predicted molar refractivity (Wildman–Crippen MR) is 112 cm³/mol. The molecule has 0 bridgehead atoms. The van der Waals surface area contributed by atoms with Crippen molar-refractivity contribution in [3.8, 4) is 17.1 Å². The second-order valence-electron chi connectivity index (χ2n) is 7.58. The highest BCUT2D eigenvalue weighted by Gasteiger charge is 2.50. The summed E-state index contributed by atoms with van der Waals surface area (Å²) >= 11 is 3.53. The zero-order chi connectivity index (χ0) is 20.3. The Morgan fingerprint density at radius 2 is 2.10 bits per heavy atom. The van der Waals surface area contributed by atoms with Gasteiger partial charge in [-0.05, 0) is 55.5 Å². The van der Waals surface area contributed by atoms with E-state index in [0.29, 0.717) is 17.1 Å². The van der Waals surface area contributed by atoms with Crippen LogP contribution in [0.15, 0.2) is 44.2 Å². The Bertz CT molecular complexity index is 1170. The van der Waals surface area contributed by atoms with Gasteiger partial charge in [0.2, 0.25) is 0 Å². The van der Waals surface area contributed by atoms with Crippen molar-refractivity contribution in [3.63, 3.8) is 0 Å². The molecule has 2 aliphatic carbocycles. The van der Waals surface area contributed by atoms with Gasteiger partial charge in [0.1, 0.15) is 16.5 Å². The number of aryl methyl sites for hydroxylation is 1. The molecule has 1 atom stereocenters. The van der Waals surface area contributed by atoms with Crippen LogP contribution in [0.4, 0.5) is 10.2 Å². The van der Waals surface area contributed by atoms with Crippen molar-refractivity contribution in [2.24, 2.45) is 0 Å². The average Bonchev–Trinajstić information content (AvgIpc) is 3.36. The van der Waals surface area contributed by atoms with E-state index < -0.39 is 16.8 Å². The smallest absolute Gasteiger partial charge is 0.185 e. The first kappa shape index (κ1) is 18.8. The molecular weight excluding hydrogens is 459 g/mol. The first-order valence-electron chi connectivity index (χ1n) is 9.24. The molecule has 5 nitrogen and oxygen atoms in total. The number of aromatic nitrogens is 1. The predicted octanol–water partition coefficient (Wildman–Crippen LogP) is 5.28. The first-order chi connectivity index (χ1) is 13.9. The summed E-state index contributed by atoms with van der Waals surface area (Å²) in [6.45, 7) is 1.62. The molecule has 150 valence electrons. The Hall–Kier alpha value is -2.19. The van der Waals surface area contributed by atoms with Crippen LogP contribution in [-0.4, -0.2) is 16.5 Å². The molecule has 8 heteroatoms. The molecule has 0 aliphatic heterocycles. The minimum atomic E-state index is -1.89. The number of rotatable bonds is 4. The summed E-state index contributed by atoms with van der Waals surface area (Å²) in [5, 5.41) is 4.14. The summed E-state index contributed by atoms with van der Waals surface area (Å²) < 4.78 is 42.4. The summed E-state index contributed by atoms with van der Waals surface area (Å²) in [6.07, 6.45) is 2.94. The van der Waals surface area contributed by atoms with Crippen LogP contribution in [0.25, 0.3) is 11.3 Å². The SMILES string of the molecule is COc1ccc(C)c(F)c1S(=O)Nc1noc2c1CC1(CC1)c1ccc(Br)cc1-2. The van der Waals surface area contributed by atoms with Crippen LogP contribution in [0.3, 0.4) is 0 Å². The maximum Gasteiger partial charge on any atom is 0.185 e. The lowest BCUT2D eigenvalue weighted by molar-refractivity contribution is 0.396. The molecule has 5 rings (SSSR count). The summed E-state index contributed by atoms with van der Waals surface area (Å²) in [5.74, 6) is 0.734. The van der Waals surface area contributed by atoms with Gasteiger partial charge in [-0.1, -0.05) is 33.2 Å². The van der Waals surface area contributed by atoms with Gasteiger partial charge in [-0.15, -0.1) is 0 Å². The van der Waals surface area contributed by atoms with Crippen LogP contribution in [0.2, 0.25) is 0 Å². The second-order valence-corrected chi connectivity index (χ2v) is 9.65. The number of hydrogen-bond donors (Lipinski definition) is 1. The van der Waals surface area contributed by atoms with Gasteiger partial charge in [0.15, 0.2) is 22.6 Å². The monoisotopic (exact) mass is 476 g/mol. The standard InChI is InChI=1S/C21H18BrFN2O3S/c1-11-3-6-16(27-2)19(17(11)23)29(26)25-20-14-10-21(7-8-21)15-5-4-12(22)9-13(15)18(14)28-24-20/h3-6,9H,7-8,10H2,1-2H3,(H,24,25). The van der Waals surface area contributed by atoms with E-state index >= 15 is 0 Å². The number of halogens is 2. The Morgan fingerprint density at radius 3 is 2.83 bits per heavy atom. The molecule has 0 radical (unpaired) electrons. The van der Waals surface area contributed by atoms with Gasteiger partial charge in [-0.25, -0.2) is 8.60 Å². The summed E-state index contributed by atoms with van der Waals surface area (Å²) in [7, 11) is -0.467. The van der Waals surface area contributed by atoms with Crippen LogP contribution >= 0.6 is 15.9 Å². The minimum absolute atomic E-state index is 0.0238. The molecule has 1 unspecified atom stereocenters. The van der Waals surface area contributed by atoms with E-state index in [9.17, 15) is 8.60 Å². The molecule has 2 aromatic carbocycles. The van der Waals surface area contributed by atoms with E-state index in [2.05, 4.69) is 31.9 Å². The van der Waals surface area contributed by atoms with Crippen molar-refractivity contribution in [2.75, 3.05) is 11.8 Å². The number of hydrogen-bond acceptors (Lipinski definition) is 4. The highest BCUT2D eigenvalue weighted by molar-refractivity contribution is 9.10. The Labute approximate surface area is 178 Å². The van der Waals surface area contributed by atoms with Crippen molar-refractivity contribution in [1.29, 1.82) is 0 Å². The zero-order valence-corrected chi connectivity index (χ0v) is 18.2. The number of methoxy groups -OCH3 is 1. The van der Waals surface area contributed by atoms with Gasteiger partial charge in [0.25, 0.3) is 0 Å². The molecule has 3 aromatic rings. The third kappa shape index (κ3) is 2.92. The van der Waals surface area contributed by atoms with Crippen molar-refractivity contribution < 1.29 is 17.9 Å². The number of benzene rings is 2. The molecule has 1 saturated carbocycles. The fraction of sp³-hybridized carbons (Fsp3) is 0.286. The van der Waals surface area contributed by atoms with Crippen molar-refractivity contribution in [1.82, 2.24) is 5.16 Å². The third-order valence-electron chi connectivity index (χ3n) is 5.80. The lowest BCUT2D eigenvalue weighted by atomic mass is 9.79. The van der Waals surface area contributed by atoms with Crippen LogP contribution in [0.1, 0.15) is 29.5 Å². The molecule has 2 aliphatic rings. The lowest BCUT2D eigenvalue weighted by Gasteiger charge is -2.24. The number of nitrogens with one attached hydrogen (secondary N) is 1. The second kappa shape index (κ2) is 6.67. The van der Waals surface area contributed by atoms with Crippen LogP contribution in [0, 0.1) is 12.7 Å². The normalized spacial score (nSPS) is 16.8. The molecule has 1 aromatic heterocycles. The fourth-order valence-electron chi connectivity index (χ4n) is 4.07. The number of anilines is 1. The van der Waals surface area contributed by atoms with Gasteiger partial charge in [0, 0.05) is 21.0 Å². The zero-order valence-electron chi connectivity index (χ0n) is 15.8. The van der Waals surface area contributed by atoms with E-state index in [4.69, 9.17) is 9.26 Å².